The van der Waals surface area contributed by atoms with Gasteiger partial charge in [0.1, 0.15) is 0 Å². The van der Waals surface area contributed by atoms with Gasteiger partial charge in [-0.05, 0) is 55.8 Å². The van der Waals surface area contributed by atoms with Gasteiger partial charge in [-0.1, -0.05) is 6.07 Å². The Morgan fingerprint density at radius 3 is 2.67 bits per heavy atom. The van der Waals surface area contributed by atoms with Gasteiger partial charge < -0.3 is 10.6 Å². The monoisotopic (exact) mass is 399 g/mol. The minimum absolute atomic E-state index is 0.261. The first kappa shape index (κ1) is 19.3. The molecule has 150 valence electrons. The Morgan fingerprint density at radius 1 is 1.07 bits per heavy atom. The van der Waals surface area contributed by atoms with Crippen molar-refractivity contribution in [2.75, 3.05) is 10.6 Å². The Kier molecular flexibility index (Phi) is 5.21. The summed E-state index contributed by atoms with van der Waals surface area (Å²) in [6, 6.07) is 13.0. The van der Waals surface area contributed by atoms with Gasteiger partial charge in [-0.15, -0.1) is 0 Å². The third kappa shape index (κ3) is 4.17. The number of carbonyl (C=O) groups excluding carboxylic acids is 1. The Bertz CT molecular complexity index is 1180. The number of anilines is 3. The largest absolute Gasteiger partial charge is 0.324 e. The summed E-state index contributed by atoms with van der Waals surface area (Å²) in [6.45, 7) is 3.87. The molecule has 0 atom stereocenters. The summed E-state index contributed by atoms with van der Waals surface area (Å²) < 4.78 is 1.67. The van der Waals surface area contributed by atoms with Crippen LogP contribution in [0.15, 0.2) is 61.1 Å². The lowest BCUT2D eigenvalue weighted by molar-refractivity contribution is 0.102. The normalized spacial score (nSPS) is 10.6. The van der Waals surface area contributed by atoms with E-state index in [1.807, 2.05) is 50.2 Å². The van der Waals surface area contributed by atoms with Crippen molar-refractivity contribution in [2.24, 2.45) is 7.05 Å². The molecule has 2 N–H and O–H groups in total. The summed E-state index contributed by atoms with van der Waals surface area (Å²) >= 11 is 0. The minimum atomic E-state index is -0.261. The van der Waals surface area contributed by atoms with Crippen molar-refractivity contribution in [3.63, 3.8) is 0 Å². The van der Waals surface area contributed by atoms with Gasteiger partial charge in [-0.3, -0.25) is 14.5 Å². The maximum atomic E-state index is 12.5. The van der Waals surface area contributed by atoms with Crippen molar-refractivity contribution in [3.05, 3.63) is 78.0 Å². The van der Waals surface area contributed by atoms with Crippen LogP contribution in [0.1, 0.15) is 21.7 Å². The van der Waals surface area contributed by atoms with Crippen LogP contribution in [0.5, 0.6) is 0 Å². The molecule has 0 fully saturated rings. The van der Waals surface area contributed by atoms with Gasteiger partial charge in [-0.25, -0.2) is 9.97 Å². The lowest BCUT2D eigenvalue weighted by Gasteiger charge is -2.12. The molecule has 0 aliphatic rings. The molecule has 3 heterocycles. The number of hydrogen-bond donors (Lipinski definition) is 2. The summed E-state index contributed by atoms with van der Waals surface area (Å²) in [6.07, 6.45) is 5.17. The van der Waals surface area contributed by atoms with Gasteiger partial charge in [0.25, 0.3) is 5.91 Å². The van der Waals surface area contributed by atoms with Crippen molar-refractivity contribution < 1.29 is 4.79 Å². The van der Waals surface area contributed by atoms with Crippen LogP contribution in [0.25, 0.3) is 11.3 Å². The van der Waals surface area contributed by atoms with Crippen molar-refractivity contribution in [1.29, 1.82) is 0 Å². The smallest absolute Gasteiger partial charge is 0.276 e. The number of aromatic nitrogens is 5. The van der Waals surface area contributed by atoms with E-state index < -0.39 is 0 Å². The highest BCUT2D eigenvalue weighted by atomic mass is 16.1. The summed E-state index contributed by atoms with van der Waals surface area (Å²) in [7, 11) is 1.81. The van der Waals surface area contributed by atoms with Crippen LogP contribution in [-0.2, 0) is 7.05 Å². The molecular formula is C22H21N7O. The highest BCUT2D eigenvalue weighted by molar-refractivity contribution is 6.03. The zero-order valence-corrected chi connectivity index (χ0v) is 16.9. The van der Waals surface area contributed by atoms with Gasteiger partial charge >= 0.3 is 0 Å². The maximum absolute atomic E-state index is 12.5. The van der Waals surface area contributed by atoms with Crippen molar-refractivity contribution in [1.82, 2.24) is 24.7 Å². The second kappa shape index (κ2) is 8.12. The highest BCUT2D eigenvalue weighted by Crippen LogP contribution is 2.24. The third-order valence-electron chi connectivity index (χ3n) is 4.70. The van der Waals surface area contributed by atoms with E-state index in [1.165, 1.54) is 0 Å². The Labute approximate surface area is 174 Å². The third-order valence-corrected chi connectivity index (χ3v) is 4.70. The first-order valence-electron chi connectivity index (χ1n) is 9.43. The average Bonchev–Trinajstić information content (AvgIpc) is 3.10. The SMILES string of the molecule is Cc1ccc(NC(=O)c2cc(C)n(C)n2)cc1Nc1nccc(-c2cccnc2)n1. The number of carbonyl (C=O) groups is 1. The molecule has 30 heavy (non-hydrogen) atoms. The zero-order chi connectivity index (χ0) is 21.1. The number of amides is 1. The first-order valence-corrected chi connectivity index (χ1v) is 9.43. The predicted octanol–water partition coefficient (Wildman–Crippen LogP) is 3.88. The van der Waals surface area contributed by atoms with E-state index in [4.69, 9.17) is 0 Å². The highest BCUT2D eigenvalue weighted by Gasteiger charge is 2.12. The van der Waals surface area contributed by atoms with E-state index >= 15 is 0 Å². The Morgan fingerprint density at radius 2 is 1.93 bits per heavy atom. The van der Waals surface area contributed by atoms with Crippen LogP contribution in [0.4, 0.5) is 17.3 Å². The molecule has 8 nitrogen and oxygen atoms in total. The summed E-state index contributed by atoms with van der Waals surface area (Å²) in [5, 5.41) is 10.3. The van der Waals surface area contributed by atoms with Gasteiger partial charge in [-0.2, -0.15) is 5.10 Å². The number of benzene rings is 1. The van der Waals surface area contributed by atoms with Crippen LogP contribution >= 0.6 is 0 Å². The van der Waals surface area contributed by atoms with Gasteiger partial charge in [0, 0.05) is 48.3 Å². The number of rotatable bonds is 5. The Hall–Kier alpha value is -4.07. The minimum Gasteiger partial charge on any atom is -0.324 e. The quantitative estimate of drug-likeness (QED) is 0.528. The van der Waals surface area contributed by atoms with Gasteiger partial charge in [0.2, 0.25) is 5.95 Å². The summed E-state index contributed by atoms with van der Waals surface area (Å²) in [5.41, 5.74) is 5.42. The van der Waals surface area contributed by atoms with E-state index in [2.05, 4.69) is 30.7 Å². The van der Waals surface area contributed by atoms with Crippen molar-refractivity contribution in [3.8, 4) is 11.3 Å². The molecule has 3 aromatic heterocycles. The topological polar surface area (TPSA) is 97.6 Å². The Balaban J connectivity index is 1.55. The molecule has 0 spiro atoms. The van der Waals surface area contributed by atoms with E-state index in [0.717, 1.165) is 28.2 Å². The molecule has 1 aromatic carbocycles. The van der Waals surface area contributed by atoms with E-state index in [9.17, 15) is 4.79 Å². The van der Waals surface area contributed by atoms with Crippen molar-refractivity contribution in [2.45, 2.75) is 13.8 Å². The van der Waals surface area contributed by atoms with Crippen molar-refractivity contribution >= 4 is 23.2 Å². The number of nitrogens with zero attached hydrogens (tertiary/aromatic N) is 5. The molecule has 0 aliphatic heterocycles. The molecule has 1 amide bonds. The van der Waals surface area contributed by atoms with Crippen LogP contribution in [-0.4, -0.2) is 30.6 Å². The standard InChI is InChI=1S/C22H21N7O/c1-14-6-7-17(25-21(30)20-11-15(2)29(3)28-20)12-19(14)27-22-24-10-8-18(26-22)16-5-4-9-23-13-16/h4-13H,1-3H3,(H,25,30)(H,24,26,27). The first-order chi connectivity index (χ1) is 14.5. The lowest BCUT2D eigenvalue weighted by atomic mass is 10.1. The average molecular weight is 399 g/mol. The van der Waals surface area contributed by atoms with E-state index in [-0.39, 0.29) is 5.91 Å². The van der Waals surface area contributed by atoms with Gasteiger partial charge in [0.15, 0.2) is 5.69 Å². The molecule has 0 unspecified atom stereocenters. The fraction of sp³-hybridized carbons (Fsp3) is 0.136. The molecule has 8 heteroatoms. The van der Waals surface area contributed by atoms with E-state index in [0.29, 0.717) is 17.3 Å². The van der Waals surface area contributed by atoms with E-state index in [1.54, 1.807) is 36.4 Å². The molecule has 0 aliphatic carbocycles. The predicted molar refractivity (Wildman–Crippen MR) is 116 cm³/mol. The lowest BCUT2D eigenvalue weighted by Crippen LogP contribution is -2.13. The van der Waals surface area contributed by atoms with Crippen LogP contribution < -0.4 is 10.6 Å². The molecular weight excluding hydrogens is 378 g/mol. The maximum Gasteiger partial charge on any atom is 0.276 e. The van der Waals surface area contributed by atoms with Crippen LogP contribution in [0.3, 0.4) is 0 Å². The molecule has 0 saturated heterocycles. The number of aryl methyl sites for hydroxylation is 3. The fourth-order valence-corrected chi connectivity index (χ4v) is 2.92. The fourth-order valence-electron chi connectivity index (χ4n) is 2.92. The number of nitrogens with one attached hydrogen (secondary N) is 2. The zero-order valence-electron chi connectivity index (χ0n) is 16.9. The number of pyridine rings is 1. The summed E-state index contributed by atoms with van der Waals surface area (Å²) in [4.78, 5) is 25.5. The molecule has 0 radical (unpaired) electrons. The second-order valence-corrected chi connectivity index (χ2v) is 6.91. The molecule has 0 bridgehead atoms. The number of hydrogen-bond acceptors (Lipinski definition) is 6. The molecule has 0 saturated carbocycles. The molecule has 4 rings (SSSR count). The molecule has 4 aromatic rings. The summed E-state index contributed by atoms with van der Waals surface area (Å²) in [5.74, 6) is 0.201. The second-order valence-electron chi connectivity index (χ2n) is 6.91. The van der Waals surface area contributed by atoms with Crippen LogP contribution in [0, 0.1) is 13.8 Å². The van der Waals surface area contributed by atoms with Crippen LogP contribution in [0.2, 0.25) is 0 Å². The van der Waals surface area contributed by atoms with Gasteiger partial charge in [0.05, 0.1) is 5.69 Å².